The van der Waals surface area contributed by atoms with Gasteiger partial charge in [0.15, 0.2) is 0 Å². The summed E-state index contributed by atoms with van der Waals surface area (Å²) < 4.78 is 4.79. The van der Waals surface area contributed by atoms with E-state index >= 15 is 0 Å². The zero-order valence-corrected chi connectivity index (χ0v) is 4.76. The molecule has 1 aliphatic heterocycles. The van der Waals surface area contributed by atoms with Gasteiger partial charge >= 0.3 is 0 Å². The first-order chi connectivity index (χ1) is 3.72. The van der Waals surface area contributed by atoms with Crippen molar-refractivity contribution < 1.29 is 9.53 Å². The van der Waals surface area contributed by atoms with Crippen LogP contribution in [0.3, 0.4) is 0 Å². The third-order valence-electron chi connectivity index (χ3n) is 1.23. The molecule has 1 saturated heterocycles. The molecule has 3 heteroatoms. The summed E-state index contributed by atoms with van der Waals surface area (Å²) in [4.78, 5) is 10.4. The Balaban J connectivity index is 2.32. The Labute approximate surface area is 47.8 Å². The van der Waals surface area contributed by atoms with Crippen LogP contribution in [0.25, 0.3) is 0 Å². The molecule has 3 nitrogen and oxygen atoms in total. The fourth-order valence-electron chi connectivity index (χ4n) is 0.525. The quantitative estimate of drug-likeness (QED) is 0.484. The highest BCUT2D eigenvalue weighted by atomic mass is 16.6. The second kappa shape index (κ2) is 1.84. The maximum absolute atomic E-state index is 10.4. The smallest absolute Gasteiger partial charge is 0.149 e. The highest BCUT2D eigenvalue weighted by Gasteiger charge is 2.32. The molecule has 0 bridgehead atoms. The maximum atomic E-state index is 10.4. The van der Waals surface area contributed by atoms with Gasteiger partial charge in [0.25, 0.3) is 0 Å². The molecule has 0 aliphatic carbocycles. The first-order valence-electron chi connectivity index (χ1n) is 2.59. The number of epoxide rings is 1. The zero-order valence-electron chi connectivity index (χ0n) is 4.76. The normalized spacial score (nSPS) is 29.5. The predicted octanol–water partition coefficient (Wildman–Crippen LogP) is -0.699. The number of rotatable bonds is 2. The fraction of sp³-hybridized carbons (Fsp3) is 0.800. The third-order valence-corrected chi connectivity index (χ3v) is 1.23. The lowest BCUT2D eigenvalue weighted by Crippen LogP contribution is -2.33. The van der Waals surface area contributed by atoms with Crippen molar-refractivity contribution >= 4 is 5.78 Å². The summed E-state index contributed by atoms with van der Waals surface area (Å²) in [6, 6.07) is -0.380. The third kappa shape index (κ3) is 1.05. The Hall–Kier alpha value is -0.410. The van der Waals surface area contributed by atoms with E-state index in [0.717, 1.165) is 0 Å². The van der Waals surface area contributed by atoms with Gasteiger partial charge in [0.05, 0.1) is 12.6 Å². The van der Waals surface area contributed by atoms with E-state index in [1.807, 2.05) is 0 Å². The van der Waals surface area contributed by atoms with Crippen molar-refractivity contribution in [2.45, 2.75) is 19.1 Å². The van der Waals surface area contributed by atoms with E-state index in [1.165, 1.54) is 6.92 Å². The highest BCUT2D eigenvalue weighted by molar-refractivity contribution is 5.82. The van der Waals surface area contributed by atoms with Crippen LogP contribution in [0, 0.1) is 0 Å². The summed E-state index contributed by atoms with van der Waals surface area (Å²) >= 11 is 0. The van der Waals surface area contributed by atoms with Crippen LogP contribution in [-0.2, 0) is 9.53 Å². The average Bonchev–Trinajstić information content (AvgIpc) is 2.43. The Kier molecular flexibility index (Phi) is 1.31. The van der Waals surface area contributed by atoms with Crippen LogP contribution in [0.15, 0.2) is 0 Å². The molecule has 1 fully saturated rings. The van der Waals surface area contributed by atoms with E-state index < -0.39 is 0 Å². The lowest BCUT2D eigenvalue weighted by molar-refractivity contribution is -0.118. The summed E-state index contributed by atoms with van der Waals surface area (Å²) in [6.45, 7) is 2.13. The Morgan fingerprint density at radius 2 is 2.50 bits per heavy atom. The Bertz CT molecular complexity index is 109. The molecule has 1 unspecified atom stereocenters. The molecule has 0 amide bonds. The molecule has 0 aromatic carbocycles. The van der Waals surface area contributed by atoms with Gasteiger partial charge in [-0.2, -0.15) is 0 Å². The molecule has 1 heterocycles. The molecule has 0 aromatic rings. The second-order valence-electron chi connectivity index (χ2n) is 2.01. The number of hydrogen-bond acceptors (Lipinski definition) is 3. The summed E-state index contributed by atoms with van der Waals surface area (Å²) in [5.41, 5.74) is 5.35. The van der Waals surface area contributed by atoms with Gasteiger partial charge in [-0.05, 0) is 6.92 Å². The summed E-state index contributed by atoms with van der Waals surface area (Å²) in [5, 5.41) is 0. The molecular weight excluding hydrogens is 106 g/mol. The van der Waals surface area contributed by atoms with E-state index in [4.69, 9.17) is 10.5 Å². The lowest BCUT2D eigenvalue weighted by atomic mass is 10.2. The van der Waals surface area contributed by atoms with Gasteiger partial charge in [-0.3, -0.25) is 4.79 Å². The van der Waals surface area contributed by atoms with Crippen LogP contribution in [0.5, 0.6) is 0 Å². The standard InChI is InChI=1S/C5H9NO2/c1-3(7)5(6)4-2-8-4/h4-5H,2,6H2,1H3/t4?,5-/m1/s1. The molecule has 0 aromatic heterocycles. The Morgan fingerprint density at radius 1 is 2.00 bits per heavy atom. The number of carbonyl (C=O) groups excluding carboxylic acids is 1. The van der Waals surface area contributed by atoms with Crippen molar-refractivity contribution in [1.29, 1.82) is 0 Å². The molecule has 0 saturated carbocycles. The van der Waals surface area contributed by atoms with Gasteiger partial charge in [0.2, 0.25) is 0 Å². The minimum absolute atomic E-state index is 0.00694. The minimum Gasteiger partial charge on any atom is -0.371 e. The Morgan fingerprint density at radius 3 is 2.62 bits per heavy atom. The maximum Gasteiger partial charge on any atom is 0.149 e. The number of Topliss-reactive ketones (excluding diaryl/α,β-unsaturated/α-hetero) is 1. The van der Waals surface area contributed by atoms with E-state index in [9.17, 15) is 4.79 Å². The predicted molar refractivity (Wildman–Crippen MR) is 28.4 cm³/mol. The first kappa shape index (κ1) is 5.72. The summed E-state index contributed by atoms with van der Waals surface area (Å²) in [5.74, 6) is 0.00694. The van der Waals surface area contributed by atoms with Gasteiger partial charge in [-0.25, -0.2) is 0 Å². The molecule has 2 atom stereocenters. The SMILES string of the molecule is CC(=O)[C@@H](N)C1CO1. The number of ether oxygens (including phenoxy) is 1. The van der Waals surface area contributed by atoms with Gasteiger partial charge in [-0.15, -0.1) is 0 Å². The number of hydrogen-bond donors (Lipinski definition) is 1. The lowest BCUT2D eigenvalue weighted by Gasteiger charge is -1.99. The summed E-state index contributed by atoms with van der Waals surface area (Å²) in [6.07, 6.45) is 0.0208. The molecule has 0 radical (unpaired) electrons. The van der Waals surface area contributed by atoms with Gasteiger partial charge in [-0.1, -0.05) is 0 Å². The molecular formula is C5H9NO2. The first-order valence-corrected chi connectivity index (χ1v) is 2.59. The van der Waals surface area contributed by atoms with E-state index in [-0.39, 0.29) is 17.9 Å². The zero-order chi connectivity index (χ0) is 6.15. The van der Waals surface area contributed by atoms with Crippen molar-refractivity contribution in [3.63, 3.8) is 0 Å². The van der Waals surface area contributed by atoms with Crippen LogP contribution >= 0.6 is 0 Å². The molecule has 46 valence electrons. The fourth-order valence-corrected chi connectivity index (χ4v) is 0.525. The minimum atomic E-state index is -0.380. The van der Waals surface area contributed by atoms with Crippen LogP contribution < -0.4 is 5.73 Å². The van der Waals surface area contributed by atoms with Crippen LogP contribution in [0.2, 0.25) is 0 Å². The van der Waals surface area contributed by atoms with Gasteiger partial charge < -0.3 is 10.5 Å². The van der Waals surface area contributed by atoms with Crippen molar-refractivity contribution in [3.8, 4) is 0 Å². The average molecular weight is 115 g/mol. The van der Waals surface area contributed by atoms with Crippen LogP contribution in [0.4, 0.5) is 0 Å². The van der Waals surface area contributed by atoms with Crippen molar-refractivity contribution in [1.82, 2.24) is 0 Å². The molecule has 1 rings (SSSR count). The van der Waals surface area contributed by atoms with Gasteiger partial charge in [0.1, 0.15) is 11.9 Å². The molecule has 2 N–H and O–H groups in total. The molecule has 8 heavy (non-hydrogen) atoms. The summed E-state index contributed by atoms with van der Waals surface area (Å²) in [7, 11) is 0. The largest absolute Gasteiger partial charge is 0.371 e. The van der Waals surface area contributed by atoms with Crippen molar-refractivity contribution in [2.75, 3.05) is 6.61 Å². The van der Waals surface area contributed by atoms with Crippen LogP contribution in [-0.4, -0.2) is 24.5 Å². The number of nitrogens with two attached hydrogens (primary N) is 1. The van der Waals surface area contributed by atoms with E-state index in [2.05, 4.69) is 0 Å². The van der Waals surface area contributed by atoms with E-state index in [0.29, 0.717) is 6.61 Å². The van der Waals surface area contributed by atoms with Gasteiger partial charge in [0, 0.05) is 0 Å². The van der Waals surface area contributed by atoms with E-state index in [1.54, 1.807) is 0 Å². The topological polar surface area (TPSA) is 55.6 Å². The van der Waals surface area contributed by atoms with Crippen molar-refractivity contribution in [3.05, 3.63) is 0 Å². The monoisotopic (exact) mass is 115 g/mol. The number of ketones is 1. The van der Waals surface area contributed by atoms with Crippen LogP contribution in [0.1, 0.15) is 6.92 Å². The number of carbonyl (C=O) groups is 1. The molecule has 0 spiro atoms. The molecule has 1 aliphatic rings. The highest BCUT2D eigenvalue weighted by Crippen LogP contribution is 2.12. The second-order valence-corrected chi connectivity index (χ2v) is 2.01. The van der Waals surface area contributed by atoms with Crippen molar-refractivity contribution in [2.24, 2.45) is 5.73 Å².